The molecule has 2 heterocycles. The molecule has 0 spiro atoms. The minimum atomic E-state index is -0.332. The smallest absolute Gasteiger partial charge is 0.326 e. The number of nitro groups is 1. The molecule has 0 aliphatic carbocycles. The van der Waals surface area contributed by atoms with Gasteiger partial charge in [-0.05, 0) is 29.0 Å². The molecule has 7 heteroatoms. The van der Waals surface area contributed by atoms with Gasteiger partial charge in [0.1, 0.15) is 10.8 Å². The minimum absolute atomic E-state index is 0.160. The van der Waals surface area contributed by atoms with E-state index in [1.807, 2.05) is 24.3 Å². The topological polar surface area (TPSA) is 64.8 Å². The average molecular weight is 320 g/mol. The fourth-order valence-electron chi connectivity index (χ4n) is 2.44. The normalized spacial score (nSPS) is 14.9. The molecule has 1 aromatic heterocycles. The van der Waals surface area contributed by atoms with Crippen molar-refractivity contribution in [3.05, 3.63) is 40.4 Å². The summed E-state index contributed by atoms with van der Waals surface area (Å²) in [7, 11) is 1.61. The molecule has 2 aromatic rings. The number of nitrogens with zero attached hydrogens (tertiary/aromatic N) is 2. The van der Waals surface area contributed by atoms with E-state index in [1.165, 1.54) is 11.3 Å². The number of anilines is 1. The van der Waals surface area contributed by atoms with Crippen molar-refractivity contribution in [2.24, 2.45) is 0 Å². The standard InChI is InChI=1S/C15H16N2O4S/c1-20-12-4-2-11(3-5-12)13-10-14(17(18)19)22-15(13)16-6-8-21-9-7-16/h2-5,10H,6-9H2,1H3. The maximum atomic E-state index is 11.1. The molecule has 0 unspecified atom stereocenters. The second-order valence-electron chi connectivity index (χ2n) is 4.89. The van der Waals surface area contributed by atoms with E-state index in [1.54, 1.807) is 13.2 Å². The zero-order chi connectivity index (χ0) is 15.5. The Labute approximate surface area is 132 Å². The van der Waals surface area contributed by atoms with Gasteiger partial charge in [-0.1, -0.05) is 12.1 Å². The van der Waals surface area contributed by atoms with E-state index in [-0.39, 0.29) is 9.92 Å². The zero-order valence-corrected chi connectivity index (χ0v) is 13.0. The van der Waals surface area contributed by atoms with Crippen LogP contribution in [-0.4, -0.2) is 38.3 Å². The Balaban J connectivity index is 2.01. The van der Waals surface area contributed by atoms with Crippen molar-refractivity contribution >= 4 is 21.3 Å². The van der Waals surface area contributed by atoms with Crippen LogP contribution in [0.25, 0.3) is 11.1 Å². The number of hydrogen-bond acceptors (Lipinski definition) is 6. The number of benzene rings is 1. The fraction of sp³-hybridized carbons (Fsp3) is 0.333. The highest BCUT2D eigenvalue weighted by atomic mass is 32.1. The molecule has 116 valence electrons. The summed E-state index contributed by atoms with van der Waals surface area (Å²) >= 11 is 1.22. The van der Waals surface area contributed by atoms with Crippen LogP contribution in [0.1, 0.15) is 0 Å². The molecule has 0 bridgehead atoms. The van der Waals surface area contributed by atoms with Crippen LogP contribution in [0, 0.1) is 10.1 Å². The first-order chi connectivity index (χ1) is 10.7. The Morgan fingerprint density at radius 1 is 1.27 bits per heavy atom. The third-order valence-electron chi connectivity index (χ3n) is 3.58. The molecule has 0 atom stereocenters. The lowest BCUT2D eigenvalue weighted by Crippen LogP contribution is -2.35. The van der Waals surface area contributed by atoms with E-state index in [0.29, 0.717) is 13.2 Å². The first-order valence-electron chi connectivity index (χ1n) is 6.94. The molecule has 0 N–H and O–H groups in total. The second-order valence-corrected chi connectivity index (χ2v) is 5.90. The Hall–Kier alpha value is -2.12. The molecular formula is C15H16N2O4S. The van der Waals surface area contributed by atoms with Gasteiger partial charge in [0.2, 0.25) is 0 Å². The summed E-state index contributed by atoms with van der Waals surface area (Å²) in [5.41, 5.74) is 1.84. The summed E-state index contributed by atoms with van der Waals surface area (Å²) in [6.07, 6.45) is 0. The molecule has 22 heavy (non-hydrogen) atoms. The van der Waals surface area contributed by atoms with E-state index in [2.05, 4.69) is 4.90 Å². The Morgan fingerprint density at radius 2 is 1.95 bits per heavy atom. The maximum Gasteiger partial charge on any atom is 0.326 e. The lowest BCUT2D eigenvalue weighted by atomic mass is 10.1. The van der Waals surface area contributed by atoms with Crippen LogP contribution in [-0.2, 0) is 4.74 Å². The highest BCUT2D eigenvalue weighted by Crippen LogP contribution is 2.43. The summed E-state index contributed by atoms with van der Waals surface area (Å²) in [5.74, 6) is 0.765. The predicted octanol–water partition coefficient (Wildman–Crippen LogP) is 3.17. The lowest BCUT2D eigenvalue weighted by Gasteiger charge is -2.28. The van der Waals surface area contributed by atoms with Crippen LogP contribution in [0.15, 0.2) is 30.3 Å². The molecule has 6 nitrogen and oxygen atoms in total. The van der Waals surface area contributed by atoms with Gasteiger partial charge in [-0.2, -0.15) is 0 Å². The monoisotopic (exact) mass is 320 g/mol. The Morgan fingerprint density at radius 3 is 2.55 bits per heavy atom. The Kier molecular flexibility index (Phi) is 4.26. The van der Waals surface area contributed by atoms with E-state index in [4.69, 9.17) is 9.47 Å². The van der Waals surface area contributed by atoms with Crippen molar-refractivity contribution in [2.45, 2.75) is 0 Å². The summed E-state index contributed by atoms with van der Waals surface area (Å²) in [4.78, 5) is 13.0. The van der Waals surface area contributed by atoms with Gasteiger partial charge in [0, 0.05) is 24.7 Å². The number of thiophene rings is 1. The van der Waals surface area contributed by atoms with Gasteiger partial charge in [-0.3, -0.25) is 10.1 Å². The van der Waals surface area contributed by atoms with Crippen LogP contribution >= 0.6 is 11.3 Å². The molecule has 3 rings (SSSR count). The SMILES string of the molecule is COc1ccc(-c2cc([N+](=O)[O-])sc2N2CCOCC2)cc1. The Bertz CT molecular complexity index is 663. The molecule has 1 aromatic carbocycles. The number of hydrogen-bond donors (Lipinski definition) is 0. The minimum Gasteiger partial charge on any atom is -0.497 e. The van der Waals surface area contributed by atoms with Crippen LogP contribution in [0.4, 0.5) is 10.0 Å². The van der Waals surface area contributed by atoms with Gasteiger partial charge in [0.05, 0.1) is 25.2 Å². The molecule has 1 aliphatic heterocycles. The zero-order valence-electron chi connectivity index (χ0n) is 12.2. The van der Waals surface area contributed by atoms with Gasteiger partial charge in [0.15, 0.2) is 0 Å². The fourth-order valence-corrected chi connectivity index (χ4v) is 3.49. The van der Waals surface area contributed by atoms with Crippen LogP contribution in [0.3, 0.4) is 0 Å². The first-order valence-corrected chi connectivity index (χ1v) is 7.76. The highest BCUT2D eigenvalue weighted by molar-refractivity contribution is 7.19. The van der Waals surface area contributed by atoms with Gasteiger partial charge in [-0.25, -0.2) is 0 Å². The molecule has 0 saturated carbocycles. The van der Waals surface area contributed by atoms with Crippen molar-refractivity contribution in [3.8, 4) is 16.9 Å². The summed E-state index contributed by atoms with van der Waals surface area (Å²) < 4.78 is 10.5. The van der Waals surface area contributed by atoms with E-state index in [9.17, 15) is 10.1 Å². The van der Waals surface area contributed by atoms with Crippen molar-refractivity contribution < 1.29 is 14.4 Å². The van der Waals surface area contributed by atoms with Crippen molar-refractivity contribution in [1.82, 2.24) is 0 Å². The summed E-state index contributed by atoms with van der Waals surface area (Å²) in [6.45, 7) is 2.79. The molecule has 1 aliphatic rings. The van der Waals surface area contributed by atoms with Crippen LogP contribution in [0.5, 0.6) is 5.75 Å². The van der Waals surface area contributed by atoms with Gasteiger partial charge in [0.25, 0.3) is 0 Å². The van der Waals surface area contributed by atoms with Crippen molar-refractivity contribution in [3.63, 3.8) is 0 Å². The number of morpholine rings is 1. The van der Waals surface area contributed by atoms with Gasteiger partial charge in [-0.15, -0.1) is 0 Å². The molecular weight excluding hydrogens is 304 g/mol. The third kappa shape index (κ3) is 2.90. The van der Waals surface area contributed by atoms with E-state index < -0.39 is 0 Å². The van der Waals surface area contributed by atoms with Crippen LogP contribution in [0.2, 0.25) is 0 Å². The van der Waals surface area contributed by atoms with Gasteiger partial charge < -0.3 is 14.4 Å². The highest BCUT2D eigenvalue weighted by Gasteiger charge is 2.23. The molecule has 1 fully saturated rings. The maximum absolute atomic E-state index is 11.1. The van der Waals surface area contributed by atoms with Gasteiger partial charge >= 0.3 is 5.00 Å². The van der Waals surface area contributed by atoms with E-state index in [0.717, 1.165) is 35.0 Å². The molecule has 0 amide bonds. The summed E-state index contributed by atoms with van der Waals surface area (Å²) in [5, 5.41) is 12.2. The number of ether oxygens (including phenoxy) is 2. The van der Waals surface area contributed by atoms with E-state index >= 15 is 0 Å². The predicted molar refractivity (Wildman–Crippen MR) is 86.0 cm³/mol. The molecule has 0 radical (unpaired) electrons. The molecule has 1 saturated heterocycles. The van der Waals surface area contributed by atoms with Crippen molar-refractivity contribution in [2.75, 3.05) is 38.3 Å². The summed E-state index contributed by atoms with van der Waals surface area (Å²) in [6, 6.07) is 9.23. The number of methoxy groups -OCH3 is 1. The quantitative estimate of drug-likeness (QED) is 0.639. The largest absolute Gasteiger partial charge is 0.497 e. The lowest BCUT2D eigenvalue weighted by molar-refractivity contribution is -0.380. The first kappa shape index (κ1) is 14.8. The van der Waals surface area contributed by atoms with Crippen LogP contribution < -0.4 is 9.64 Å². The third-order valence-corrected chi connectivity index (χ3v) is 4.73. The average Bonchev–Trinajstić information content (AvgIpc) is 3.01. The second kappa shape index (κ2) is 6.33. The number of rotatable bonds is 4. The van der Waals surface area contributed by atoms with Crippen molar-refractivity contribution in [1.29, 1.82) is 0 Å².